The molecule has 1 N–H and O–H groups in total. The molecule has 0 aliphatic carbocycles. The Morgan fingerprint density at radius 1 is 1.08 bits per heavy atom. The lowest BCUT2D eigenvalue weighted by atomic mass is 10.1. The minimum Gasteiger partial charge on any atom is -0.333 e. The number of aryl methyl sites for hydroxylation is 2. The van der Waals surface area contributed by atoms with E-state index in [-0.39, 0.29) is 24.2 Å². The average molecular weight is 354 g/mol. The third-order valence-corrected chi connectivity index (χ3v) is 4.14. The molecule has 2 amide bonds. The largest absolute Gasteiger partial charge is 0.333 e. The molecule has 0 atom stereocenters. The van der Waals surface area contributed by atoms with Crippen molar-refractivity contribution in [3.63, 3.8) is 0 Å². The van der Waals surface area contributed by atoms with Gasteiger partial charge in [0.15, 0.2) is 0 Å². The van der Waals surface area contributed by atoms with E-state index in [1.807, 2.05) is 32.0 Å². The number of carbonyl (C=O) groups excluding carboxylic acids is 2. The molecular formula is C21H23FN2O2. The van der Waals surface area contributed by atoms with E-state index >= 15 is 0 Å². The molecule has 136 valence electrons. The summed E-state index contributed by atoms with van der Waals surface area (Å²) in [6, 6.07) is 11.7. The Labute approximate surface area is 153 Å². The summed E-state index contributed by atoms with van der Waals surface area (Å²) in [7, 11) is 1.57. The van der Waals surface area contributed by atoms with E-state index in [1.165, 1.54) is 23.1 Å². The number of benzene rings is 2. The van der Waals surface area contributed by atoms with E-state index in [9.17, 15) is 14.0 Å². The van der Waals surface area contributed by atoms with Crippen molar-refractivity contribution >= 4 is 23.1 Å². The lowest BCUT2D eigenvalue weighted by Crippen LogP contribution is -2.34. The Bertz CT molecular complexity index is 821. The molecule has 2 rings (SSSR count). The number of rotatable bonds is 5. The van der Waals surface area contributed by atoms with E-state index in [1.54, 1.807) is 26.1 Å². The van der Waals surface area contributed by atoms with Crippen LogP contribution >= 0.6 is 0 Å². The smallest absolute Gasteiger partial charge is 0.247 e. The second kappa shape index (κ2) is 8.43. The SMILES string of the molecule is C/C(=C\C(=O)N(C)CC(=O)Nc1c(C)cccc1C)c1ccc(F)cc1. The van der Waals surface area contributed by atoms with Gasteiger partial charge < -0.3 is 10.2 Å². The van der Waals surface area contributed by atoms with Crippen LogP contribution < -0.4 is 5.32 Å². The quantitative estimate of drug-likeness (QED) is 0.827. The highest BCUT2D eigenvalue weighted by Crippen LogP contribution is 2.19. The molecular weight excluding hydrogens is 331 g/mol. The molecule has 4 nitrogen and oxygen atoms in total. The zero-order valence-electron chi connectivity index (χ0n) is 15.5. The topological polar surface area (TPSA) is 49.4 Å². The van der Waals surface area contributed by atoms with Gasteiger partial charge in [0, 0.05) is 18.8 Å². The van der Waals surface area contributed by atoms with Gasteiger partial charge in [0.05, 0.1) is 6.54 Å². The molecule has 0 spiro atoms. The number of halogens is 1. The van der Waals surface area contributed by atoms with Crippen LogP contribution in [-0.4, -0.2) is 30.3 Å². The number of hydrogen-bond donors (Lipinski definition) is 1. The summed E-state index contributed by atoms with van der Waals surface area (Å²) in [6.45, 7) is 5.56. The van der Waals surface area contributed by atoms with Gasteiger partial charge in [-0.25, -0.2) is 4.39 Å². The normalized spacial score (nSPS) is 11.2. The molecule has 26 heavy (non-hydrogen) atoms. The van der Waals surface area contributed by atoms with E-state index < -0.39 is 0 Å². The summed E-state index contributed by atoms with van der Waals surface area (Å²) in [5, 5.41) is 2.86. The number of anilines is 1. The van der Waals surface area contributed by atoms with Gasteiger partial charge in [0.25, 0.3) is 0 Å². The van der Waals surface area contributed by atoms with E-state index in [2.05, 4.69) is 5.32 Å². The minimum atomic E-state index is -0.326. The Morgan fingerprint density at radius 2 is 1.65 bits per heavy atom. The van der Waals surface area contributed by atoms with Crippen LogP contribution in [0.3, 0.4) is 0 Å². The first-order valence-corrected chi connectivity index (χ1v) is 8.33. The first-order chi connectivity index (χ1) is 12.3. The van der Waals surface area contributed by atoms with Gasteiger partial charge in [-0.3, -0.25) is 9.59 Å². The molecule has 2 aromatic carbocycles. The van der Waals surface area contributed by atoms with Crippen molar-refractivity contribution in [2.45, 2.75) is 20.8 Å². The number of hydrogen-bond acceptors (Lipinski definition) is 2. The van der Waals surface area contributed by atoms with Crippen molar-refractivity contribution in [2.75, 3.05) is 18.9 Å². The number of nitrogens with zero attached hydrogens (tertiary/aromatic N) is 1. The number of amides is 2. The predicted octanol–water partition coefficient (Wildman–Crippen LogP) is 3.94. The Kier molecular flexibility index (Phi) is 6.28. The molecule has 0 radical (unpaired) electrons. The van der Waals surface area contributed by atoms with Gasteiger partial charge in [0.2, 0.25) is 11.8 Å². The van der Waals surface area contributed by atoms with Crippen molar-refractivity contribution < 1.29 is 14.0 Å². The summed E-state index contributed by atoms with van der Waals surface area (Å²) in [5.74, 6) is -0.872. The summed E-state index contributed by atoms with van der Waals surface area (Å²) < 4.78 is 13.0. The standard InChI is InChI=1S/C21H23FN2O2/c1-14-6-5-7-15(2)21(14)23-19(25)13-24(4)20(26)12-16(3)17-8-10-18(22)11-9-17/h5-12H,13H2,1-4H3,(H,23,25)/b16-12+. The Balaban J connectivity index is 2.01. The fourth-order valence-corrected chi connectivity index (χ4v) is 2.58. The van der Waals surface area contributed by atoms with Crippen LogP contribution in [0.2, 0.25) is 0 Å². The van der Waals surface area contributed by atoms with Gasteiger partial charge >= 0.3 is 0 Å². The second-order valence-electron chi connectivity index (χ2n) is 6.34. The van der Waals surface area contributed by atoms with Crippen LogP contribution in [0.4, 0.5) is 10.1 Å². The molecule has 0 bridgehead atoms. The molecule has 5 heteroatoms. The summed E-state index contributed by atoms with van der Waals surface area (Å²) in [6.07, 6.45) is 1.44. The molecule has 0 saturated heterocycles. The Morgan fingerprint density at radius 3 is 2.23 bits per heavy atom. The minimum absolute atomic E-state index is 0.0557. The van der Waals surface area contributed by atoms with Crippen LogP contribution in [0.25, 0.3) is 5.57 Å². The Hall–Kier alpha value is -2.95. The fraction of sp³-hybridized carbons (Fsp3) is 0.238. The lowest BCUT2D eigenvalue weighted by molar-refractivity contribution is -0.129. The third-order valence-electron chi connectivity index (χ3n) is 4.14. The molecule has 0 aliphatic heterocycles. The maximum atomic E-state index is 13.0. The van der Waals surface area contributed by atoms with Crippen molar-refractivity contribution in [1.82, 2.24) is 4.90 Å². The number of allylic oxidation sites excluding steroid dienone is 1. The highest BCUT2D eigenvalue weighted by Gasteiger charge is 2.13. The number of carbonyl (C=O) groups is 2. The monoisotopic (exact) mass is 354 g/mol. The van der Waals surface area contributed by atoms with Crippen LogP contribution in [0.5, 0.6) is 0 Å². The molecule has 0 heterocycles. The molecule has 0 aliphatic rings. The summed E-state index contributed by atoms with van der Waals surface area (Å²) in [5.41, 5.74) is 4.18. The average Bonchev–Trinajstić information content (AvgIpc) is 2.58. The zero-order valence-corrected chi connectivity index (χ0v) is 15.5. The molecule has 2 aromatic rings. The molecule has 0 unspecified atom stereocenters. The second-order valence-corrected chi connectivity index (χ2v) is 6.34. The molecule has 0 fully saturated rings. The zero-order chi connectivity index (χ0) is 19.3. The van der Waals surface area contributed by atoms with Gasteiger partial charge in [-0.05, 0) is 55.2 Å². The predicted molar refractivity (Wildman–Crippen MR) is 102 cm³/mol. The third kappa shape index (κ3) is 5.02. The van der Waals surface area contributed by atoms with Crippen molar-refractivity contribution in [2.24, 2.45) is 0 Å². The van der Waals surface area contributed by atoms with Crippen LogP contribution in [0.1, 0.15) is 23.6 Å². The van der Waals surface area contributed by atoms with Crippen molar-refractivity contribution in [1.29, 1.82) is 0 Å². The summed E-state index contributed by atoms with van der Waals surface area (Å²) >= 11 is 0. The van der Waals surface area contributed by atoms with Gasteiger partial charge in [0.1, 0.15) is 5.82 Å². The van der Waals surface area contributed by atoms with Crippen LogP contribution in [0, 0.1) is 19.7 Å². The van der Waals surface area contributed by atoms with Crippen LogP contribution in [0.15, 0.2) is 48.5 Å². The first kappa shape index (κ1) is 19.4. The molecule has 0 saturated carbocycles. The van der Waals surface area contributed by atoms with Gasteiger partial charge in [-0.1, -0.05) is 30.3 Å². The van der Waals surface area contributed by atoms with E-state index in [0.29, 0.717) is 5.57 Å². The van der Waals surface area contributed by atoms with E-state index in [0.717, 1.165) is 22.4 Å². The van der Waals surface area contributed by atoms with Gasteiger partial charge in [-0.2, -0.15) is 0 Å². The van der Waals surface area contributed by atoms with Crippen LogP contribution in [-0.2, 0) is 9.59 Å². The fourth-order valence-electron chi connectivity index (χ4n) is 2.58. The highest BCUT2D eigenvalue weighted by atomic mass is 19.1. The summed E-state index contributed by atoms with van der Waals surface area (Å²) in [4.78, 5) is 25.9. The maximum absolute atomic E-state index is 13.0. The van der Waals surface area contributed by atoms with Crippen molar-refractivity contribution in [3.8, 4) is 0 Å². The first-order valence-electron chi connectivity index (χ1n) is 8.33. The lowest BCUT2D eigenvalue weighted by Gasteiger charge is -2.17. The molecule has 0 aromatic heterocycles. The number of likely N-dealkylation sites (N-methyl/N-ethyl adjacent to an activating group) is 1. The maximum Gasteiger partial charge on any atom is 0.247 e. The van der Waals surface area contributed by atoms with E-state index in [4.69, 9.17) is 0 Å². The van der Waals surface area contributed by atoms with Crippen molar-refractivity contribution in [3.05, 3.63) is 71.0 Å². The van der Waals surface area contributed by atoms with Gasteiger partial charge in [-0.15, -0.1) is 0 Å². The number of para-hydroxylation sites is 1. The highest BCUT2D eigenvalue weighted by molar-refractivity contribution is 5.99. The number of nitrogens with one attached hydrogen (secondary N) is 1.